The van der Waals surface area contributed by atoms with Crippen LogP contribution in [0.4, 0.5) is 4.39 Å². The molecule has 2 aromatic carbocycles. The Kier molecular flexibility index (Phi) is 4.13. The topological polar surface area (TPSA) is 43.6 Å². The molecule has 1 atom stereocenters. The van der Waals surface area contributed by atoms with E-state index < -0.39 is 0 Å². The molecule has 2 aromatic heterocycles. The van der Waals surface area contributed by atoms with E-state index in [4.69, 9.17) is 4.98 Å². The fourth-order valence-electron chi connectivity index (χ4n) is 3.02. The molecule has 6 heteroatoms. The predicted octanol–water partition coefficient (Wildman–Crippen LogP) is 4.99. The molecule has 0 saturated heterocycles. The molecule has 4 nitrogen and oxygen atoms in total. The molecule has 2 heterocycles. The SMILES string of the molecule is CCn1c2ccccc2c2nnc(S[C@H](C)c3ccc(F)cc3)nc21. The van der Waals surface area contributed by atoms with Gasteiger partial charge in [0.2, 0.25) is 5.16 Å². The second kappa shape index (κ2) is 6.44. The van der Waals surface area contributed by atoms with Crippen LogP contribution in [0.1, 0.15) is 24.7 Å². The van der Waals surface area contributed by atoms with Gasteiger partial charge in [0.25, 0.3) is 0 Å². The maximum Gasteiger partial charge on any atom is 0.211 e. The maximum absolute atomic E-state index is 13.1. The lowest BCUT2D eigenvalue weighted by Gasteiger charge is -2.10. The third-order valence-corrected chi connectivity index (χ3v) is 5.30. The minimum atomic E-state index is -0.229. The number of para-hydroxylation sites is 1. The van der Waals surface area contributed by atoms with Crippen LogP contribution >= 0.6 is 11.8 Å². The number of hydrogen-bond acceptors (Lipinski definition) is 4. The maximum atomic E-state index is 13.1. The molecule has 0 spiro atoms. The summed E-state index contributed by atoms with van der Waals surface area (Å²) >= 11 is 1.53. The molecule has 0 saturated carbocycles. The molecule has 0 aliphatic carbocycles. The van der Waals surface area contributed by atoms with Crippen LogP contribution < -0.4 is 0 Å². The van der Waals surface area contributed by atoms with Gasteiger partial charge in [-0.25, -0.2) is 9.37 Å². The molecule has 0 unspecified atom stereocenters. The van der Waals surface area contributed by atoms with E-state index >= 15 is 0 Å². The molecule has 4 rings (SSSR count). The van der Waals surface area contributed by atoms with Gasteiger partial charge in [0.05, 0.1) is 5.52 Å². The van der Waals surface area contributed by atoms with Crippen molar-refractivity contribution in [3.05, 3.63) is 59.9 Å². The standard InChI is InChI=1S/C19H17FN4S/c1-3-24-16-7-5-4-6-15(16)17-18(24)21-19(23-22-17)25-12(2)13-8-10-14(20)11-9-13/h4-12H,3H2,1-2H3/t12-/m1/s1. The number of hydrogen-bond donors (Lipinski definition) is 0. The Hall–Kier alpha value is -2.47. The lowest BCUT2D eigenvalue weighted by Crippen LogP contribution is -1.99. The Morgan fingerprint density at radius 2 is 1.84 bits per heavy atom. The van der Waals surface area contributed by atoms with Gasteiger partial charge in [0, 0.05) is 17.2 Å². The number of halogens is 1. The van der Waals surface area contributed by atoms with E-state index in [1.807, 2.05) is 18.2 Å². The second-order valence-electron chi connectivity index (χ2n) is 5.84. The molecule has 0 bridgehead atoms. The number of nitrogens with zero attached hydrogens (tertiary/aromatic N) is 4. The highest BCUT2D eigenvalue weighted by Gasteiger charge is 2.16. The first kappa shape index (κ1) is 16.0. The summed E-state index contributed by atoms with van der Waals surface area (Å²) in [5.74, 6) is -0.229. The molecule has 0 fully saturated rings. The highest BCUT2D eigenvalue weighted by Crippen LogP contribution is 2.34. The lowest BCUT2D eigenvalue weighted by molar-refractivity contribution is 0.627. The van der Waals surface area contributed by atoms with Crippen LogP contribution in [0.3, 0.4) is 0 Å². The van der Waals surface area contributed by atoms with Crippen LogP contribution in [-0.2, 0) is 6.54 Å². The van der Waals surface area contributed by atoms with Gasteiger partial charge >= 0.3 is 0 Å². The minimum absolute atomic E-state index is 0.110. The van der Waals surface area contributed by atoms with Crippen molar-refractivity contribution >= 4 is 33.8 Å². The van der Waals surface area contributed by atoms with Crippen molar-refractivity contribution in [2.45, 2.75) is 30.8 Å². The highest BCUT2D eigenvalue weighted by molar-refractivity contribution is 7.99. The minimum Gasteiger partial charge on any atom is -0.324 e. The van der Waals surface area contributed by atoms with Gasteiger partial charge in [-0.15, -0.1) is 10.2 Å². The Morgan fingerprint density at radius 1 is 1.08 bits per heavy atom. The summed E-state index contributed by atoms with van der Waals surface area (Å²) < 4.78 is 15.3. The van der Waals surface area contributed by atoms with E-state index in [1.54, 1.807) is 12.1 Å². The van der Waals surface area contributed by atoms with Crippen molar-refractivity contribution in [1.82, 2.24) is 19.7 Å². The Labute approximate surface area is 149 Å². The lowest BCUT2D eigenvalue weighted by atomic mass is 10.2. The molecule has 0 aliphatic heterocycles. The van der Waals surface area contributed by atoms with Crippen molar-refractivity contribution in [3.63, 3.8) is 0 Å². The van der Waals surface area contributed by atoms with Gasteiger partial charge < -0.3 is 4.57 Å². The van der Waals surface area contributed by atoms with Crippen LogP contribution in [0.15, 0.2) is 53.7 Å². The van der Waals surface area contributed by atoms with Crippen molar-refractivity contribution in [2.75, 3.05) is 0 Å². The van der Waals surface area contributed by atoms with Gasteiger partial charge in [-0.1, -0.05) is 42.1 Å². The zero-order chi connectivity index (χ0) is 17.4. The predicted molar refractivity (Wildman–Crippen MR) is 99.2 cm³/mol. The molecular weight excluding hydrogens is 335 g/mol. The van der Waals surface area contributed by atoms with E-state index in [0.29, 0.717) is 5.16 Å². The average Bonchev–Trinajstić information content (AvgIpc) is 2.95. The van der Waals surface area contributed by atoms with Crippen LogP contribution in [-0.4, -0.2) is 19.7 Å². The van der Waals surface area contributed by atoms with E-state index in [-0.39, 0.29) is 11.1 Å². The quantitative estimate of drug-likeness (QED) is 0.485. The molecule has 0 aliphatic rings. The van der Waals surface area contributed by atoms with Gasteiger partial charge in [-0.2, -0.15) is 0 Å². The monoisotopic (exact) mass is 352 g/mol. The number of benzene rings is 2. The van der Waals surface area contributed by atoms with E-state index in [0.717, 1.165) is 34.2 Å². The van der Waals surface area contributed by atoms with E-state index in [2.05, 4.69) is 34.7 Å². The van der Waals surface area contributed by atoms with Crippen molar-refractivity contribution in [3.8, 4) is 0 Å². The number of aromatic nitrogens is 4. The first-order valence-electron chi connectivity index (χ1n) is 8.21. The summed E-state index contributed by atoms with van der Waals surface area (Å²) in [5.41, 5.74) is 3.84. The fourth-order valence-corrected chi connectivity index (χ4v) is 3.86. The number of rotatable bonds is 4. The highest BCUT2D eigenvalue weighted by atomic mass is 32.2. The Bertz CT molecular complexity index is 1040. The first-order chi connectivity index (χ1) is 12.2. The van der Waals surface area contributed by atoms with Crippen LogP contribution in [0.25, 0.3) is 22.1 Å². The van der Waals surface area contributed by atoms with E-state index in [1.165, 1.54) is 23.9 Å². The number of aryl methyl sites for hydroxylation is 1. The smallest absolute Gasteiger partial charge is 0.211 e. The molecular formula is C19H17FN4S. The largest absolute Gasteiger partial charge is 0.324 e. The van der Waals surface area contributed by atoms with Crippen molar-refractivity contribution < 1.29 is 4.39 Å². The normalized spacial score (nSPS) is 12.8. The fraction of sp³-hybridized carbons (Fsp3) is 0.211. The Morgan fingerprint density at radius 3 is 2.60 bits per heavy atom. The molecule has 0 N–H and O–H groups in total. The summed E-state index contributed by atoms with van der Waals surface area (Å²) in [5, 5.41) is 10.5. The first-order valence-corrected chi connectivity index (χ1v) is 9.09. The number of fused-ring (bicyclic) bond motifs is 3. The van der Waals surface area contributed by atoms with Gasteiger partial charge in [0.15, 0.2) is 5.65 Å². The van der Waals surface area contributed by atoms with E-state index in [9.17, 15) is 4.39 Å². The van der Waals surface area contributed by atoms with Crippen LogP contribution in [0.2, 0.25) is 0 Å². The summed E-state index contributed by atoms with van der Waals surface area (Å²) in [4.78, 5) is 4.74. The third-order valence-electron chi connectivity index (χ3n) is 4.29. The zero-order valence-electron chi connectivity index (χ0n) is 14.0. The summed E-state index contributed by atoms with van der Waals surface area (Å²) in [6.45, 7) is 4.98. The van der Waals surface area contributed by atoms with Crippen LogP contribution in [0.5, 0.6) is 0 Å². The number of thioether (sulfide) groups is 1. The van der Waals surface area contributed by atoms with Gasteiger partial charge in [-0.3, -0.25) is 0 Å². The Balaban J connectivity index is 1.73. The molecule has 0 amide bonds. The van der Waals surface area contributed by atoms with Crippen LogP contribution in [0, 0.1) is 5.82 Å². The molecule has 4 aromatic rings. The van der Waals surface area contributed by atoms with Crippen molar-refractivity contribution in [1.29, 1.82) is 0 Å². The van der Waals surface area contributed by atoms with Gasteiger partial charge in [0.1, 0.15) is 11.3 Å². The zero-order valence-corrected chi connectivity index (χ0v) is 14.8. The second-order valence-corrected chi connectivity index (χ2v) is 7.15. The molecule has 0 radical (unpaired) electrons. The third kappa shape index (κ3) is 2.87. The summed E-state index contributed by atoms with van der Waals surface area (Å²) in [6, 6.07) is 14.7. The summed E-state index contributed by atoms with van der Waals surface area (Å²) in [7, 11) is 0. The average molecular weight is 352 g/mol. The molecule has 126 valence electrons. The van der Waals surface area contributed by atoms with Gasteiger partial charge in [-0.05, 0) is 37.6 Å². The van der Waals surface area contributed by atoms with Crippen molar-refractivity contribution in [2.24, 2.45) is 0 Å². The summed E-state index contributed by atoms with van der Waals surface area (Å²) in [6.07, 6.45) is 0. The molecule has 25 heavy (non-hydrogen) atoms.